The standard InChI is InChI=1S/C17H18N2O2S/c20-22(21,10-4-5-14-11-18-19-12-14)13-16-8-3-7-15-6-1-2-9-17(15)16/h1-3,6-9,11-12H,4-5,10,13H2,(H,18,19). The highest BCUT2D eigenvalue weighted by atomic mass is 32.2. The highest BCUT2D eigenvalue weighted by Crippen LogP contribution is 2.21. The van der Waals surface area contributed by atoms with E-state index in [1.165, 1.54) is 0 Å². The summed E-state index contributed by atoms with van der Waals surface area (Å²) in [5, 5.41) is 8.70. The summed E-state index contributed by atoms with van der Waals surface area (Å²) in [6.07, 6.45) is 4.88. The molecule has 3 rings (SSSR count). The SMILES string of the molecule is O=S(=O)(CCCc1cn[nH]c1)Cc1cccc2ccccc12. The van der Waals surface area contributed by atoms with Gasteiger partial charge in [-0.25, -0.2) is 8.42 Å². The molecule has 1 aromatic heterocycles. The van der Waals surface area contributed by atoms with Crippen molar-refractivity contribution in [3.05, 3.63) is 66.0 Å². The van der Waals surface area contributed by atoms with Gasteiger partial charge in [-0.15, -0.1) is 0 Å². The molecule has 0 aliphatic heterocycles. The third-order valence-electron chi connectivity index (χ3n) is 3.73. The Morgan fingerprint density at radius 2 is 1.86 bits per heavy atom. The first-order valence-electron chi connectivity index (χ1n) is 7.29. The fourth-order valence-corrected chi connectivity index (χ4v) is 4.09. The van der Waals surface area contributed by atoms with Crippen LogP contribution in [0.4, 0.5) is 0 Å². The van der Waals surface area contributed by atoms with Gasteiger partial charge in [-0.2, -0.15) is 5.10 Å². The number of H-pyrrole nitrogens is 1. The number of hydrogen-bond donors (Lipinski definition) is 1. The third kappa shape index (κ3) is 3.54. The fraction of sp³-hybridized carbons (Fsp3) is 0.235. The van der Waals surface area contributed by atoms with Crippen LogP contribution in [0.25, 0.3) is 10.8 Å². The predicted molar refractivity (Wildman–Crippen MR) is 88.3 cm³/mol. The van der Waals surface area contributed by atoms with Gasteiger partial charge in [-0.1, -0.05) is 42.5 Å². The Morgan fingerprint density at radius 3 is 2.68 bits per heavy atom. The number of aromatic nitrogens is 2. The van der Waals surface area contributed by atoms with Gasteiger partial charge in [-0.05, 0) is 34.7 Å². The van der Waals surface area contributed by atoms with E-state index in [0.29, 0.717) is 6.42 Å². The van der Waals surface area contributed by atoms with Gasteiger partial charge in [0.25, 0.3) is 0 Å². The van der Waals surface area contributed by atoms with E-state index in [9.17, 15) is 8.42 Å². The van der Waals surface area contributed by atoms with Crippen molar-refractivity contribution in [1.29, 1.82) is 0 Å². The van der Waals surface area contributed by atoms with Crippen LogP contribution in [0.2, 0.25) is 0 Å². The fourth-order valence-electron chi connectivity index (χ4n) is 2.64. The molecule has 0 fully saturated rings. The second-order valence-electron chi connectivity index (χ2n) is 5.44. The van der Waals surface area contributed by atoms with Crippen molar-refractivity contribution in [3.8, 4) is 0 Å². The van der Waals surface area contributed by atoms with Crippen LogP contribution in [-0.4, -0.2) is 24.4 Å². The second-order valence-corrected chi connectivity index (χ2v) is 7.62. The molecule has 0 atom stereocenters. The van der Waals surface area contributed by atoms with E-state index >= 15 is 0 Å². The molecule has 114 valence electrons. The lowest BCUT2D eigenvalue weighted by molar-refractivity contribution is 0.592. The molecule has 0 saturated carbocycles. The van der Waals surface area contributed by atoms with Crippen LogP contribution in [-0.2, 0) is 22.0 Å². The van der Waals surface area contributed by atoms with E-state index in [1.54, 1.807) is 12.4 Å². The van der Waals surface area contributed by atoms with Crippen LogP contribution in [0.1, 0.15) is 17.5 Å². The molecule has 0 bridgehead atoms. The van der Waals surface area contributed by atoms with Crippen molar-refractivity contribution < 1.29 is 8.42 Å². The molecule has 0 amide bonds. The molecule has 22 heavy (non-hydrogen) atoms. The molecule has 5 heteroatoms. The van der Waals surface area contributed by atoms with E-state index in [-0.39, 0.29) is 11.5 Å². The maximum atomic E-state index is 12.3. The Bertz CT molecular complexity index is 850. The zero-order chi connectivity index (χ0) is 15.4. The van der Waals surface area contributed by atoms with Crippen LogP contribution in [0.3, 0.4) is 0 Å². The molecule has 0 aliphatic rings. The Balaban J connectivity index is 1.70. The van der Waals surface area contributed by atoms with Gasteiger partial charge >= 0.3 is 0 Å². The highest BCUT2D eigenvalue weighted by Gasteiger charge is 2.13. The van der Waals surface area contributed by atoms with Gasteiger partial charge < -0.3 is 0 Å². The van der Waals surface area contributed by atoms with Crippen LogP contribution >= 0.6 is 0 Å². The van der Waals surface area contributed by atoms with Crippen molar-refractivity contribution in [2.45, 2.75) is 18.6 Å². The average molecular weight is 314 g/mol. The van der Waals surface area contributed by atoms with Crippen molar-refractivity contribution in [1.82, 2.24) is 10.2 Å². The first-order chi connectivity index (χ1) is 10.6. The summed E-state index contributed by atoms with van der Waals surface area (Å²) >= 11 is 0. The number of benzene rings is 2. The van der Waals surface area contributed by atoms with E-state index < -0.39 is 9.84 Å². The molecule has 0 saturated heterocycles. The zero-order valence-corrected chi connectivity index (χ0v) is 13.0. The first kappa shape index (κ1) is 14.8. The minimum atomic E-state index is -3.11. The maximum absolute atomic E-state index is 12.3. The number of nitrogens with one attached hydrogen (secondary N) is 1. The summed E-state index contributed by atoms with van der Waals surface area (Å²) in [4.78, 5) is 0. The molecule has 0 aliphatic carbocycles. The van der Waals surface area contributed by atoms with Crippen molar-refractivity contribution in [2.24, 2.45) is 0 Å². The van der Waals surface area contributed by atoms with E-state index in [1.807, 2.05) is 42.5 Å². The van der Waals surface area contributed by atoms with Crippen LogP contribution in [0.15, 0.2) is 54.9 Å². The van der Waals surface area contributed by atoms with Crippen molar-refractivity contribution in [3.63, 3.8) is 0 Å². The van der Waals surface area contributed by atoms with Crippen LogP contribution in [0, 0.1) is 0 Å². The zero-order valence-electron chi connectivity index (χ0n) is 12.2. The highest BCUT2D eigenvalue weighted by molar-refractivity contribution is 7.90. The number of sulfone groups is 1. The summed E-state index contributed by atoms with van der Waals surface area (Å²) in [6, 6.07) is 13.7. The Hall–Kier alpha value is -2.14. The third-order valence-corrected chi connectivity index (χ3v) is 5.39. The molecule has 0 unspecified atom stereocenters. The van der Waals surface area contributed by atoms with Crippen molar-refractivity contribution >= 4 is 20.6 Å². The van der Waals surface area contributed by atoms with Crippen LogP contribution in [0.5, 0.6) is 0 Å². The number of aryl methyl sites for hydroxylation is 1. The first-order valence-corrected chi connectivity index (χ1v) is 9.11. The minimum Gasteiger partial charge on any atom is -0.285 e. The number of rotatable bonds is 6. The average Bonchev–Trinajstić information content (AvgIpc) is 3.00. The Labute approximate surface area is 130 Å². The molecule has 4 nitrogen and oxygen atoms in total. The Morgan fingerprint density at radius 1 is 1.05 bits per heavy atom. The van der Waals surface area contributed by atoms with Crippen molar-refractivity contribution in [2.75, 3.05) is 5.75 Å². The molecular weight excluding hydrogens is 296 g/mol. The van der Waals surface area contributed by atoms with E-state index in [0.717, 1.165) is 28.3 Å². The maximum Gasteiger partial charge on any atom is 0.154 e. The molecule has 1 heterocycles. The molecule has 1 N–H and O–H groups in total. The van der Waals surface area contributed by atoms with E-state index in [2.05, 4.69) is 10.2 Å². The number of hydrogen-bond acceptors (Lipinski definition) is 3. The summed E-state index contributed by atoms with van der Waals surface area (Å²) in [5.74, 6) is 0.293. The van der Waals surface area contributed by atoms with Gasteiger partial charge in [-0.3, -0.25) is 5.10 Å². The summed E-state index contributed by atoms with van der Waals surface area (Å²) in [6.45, 7) is 0. The smallest absolute Gasteiger partial charge is 0.154 e. The van der Waals surface area contributed by atoms with Crippen LogP contribution < -0.4 is 0 Å². The van der Waals surface area contributed by atoms with Gasteiger partial charge in [0.15, 0.2) is 9.84 Å². The summed E-state index contributed by atoms with van der Waals surface area (Å²) < 4.78 is 24.7. The lowest BCUT2D eigenvalue weighted by Crippen LogP contribution is -2.10. The molecular formula is C17H18N2O2S. The predicted octanol–water partition coefficient (Wildman–Crippen LogP) is 3.11. The topological polar surface area (TPSA) is 62.8 Å². The minimum absolute atomic E-state index is 0.0970. The second kappa shape index (κ2) is 6.32. The normalized spacial score (nSPS) is 11.8. The molecule has 0 radical (unpaired) electrons. The lowest BCUT2D eigenvalue weighted by atomic mass is 10.1. The van der Waals surface area contributed by atoms with Gasteiger partial charge in [0.05, 0.1) is 17.7 Å². The number of fused-ring (bicyclic) bond motifs is 1. The summed E-state index contributed by atoms with van der Waals surface area (Å²) in [7, 11) is -3.11. The monoisotopic (exact) mass is 314 g/mol. The number of aromatic amines is 1. The lowest BCUT2D eigenvalue weighted by Gasteiger charge is -2.07. The van der Waals surface area contributed by atoms with Gasteiger partial charge in [0.2, 0.25) is 0 Å². The van der Waals surface area contributed by atoms with E-state index in [4.69, 9.17) is 0 Å². The Kier molecular flexibility index (Phi) is 4.24. The number of nitrogens with zero attached hydrogens (tertiary/aromatic N) is 1. The van der Waals surface area contributed by atoms with Gasteiger partial charge in [0, 0.05) is 6.20 Å². The molecule has 0 spiro atoms. The molecule has 3 aromatic rings. The quantitative estimate of drug-likeness (QED) is 0.760. The largest absolute Gasteiger partial charge is 0.285 e. The summed E-state index contributed by atoms with van der Waals surface area (Å²) in [5.41, 5.74) is 1.92. The molecule has 2 aromatic carbocycles. The van der Waals surface area contributed by atoms with Gasteiger partial charge in [0.1, 0.15) is 0 Å².